The molecule has 0 aromatic rings. The fourth-order valence-corrected chi connectivity index (χ4v) is 7.08. The number of carboxylic acid groups (broad SMARTS) is 1. The number of amides is 2. The molecule has 5 aliphatic carbocycles. The number of aliphatic carboxylic acids is 1. The van der Waals surface area contributed by atoms with E-state index >= 15 is 0 Å². The minimum absolute atomic E-state index is 0.0375. The fraction of sp³-hybridized carbons (Fsp3) is 0.621. The van der Waals surface area contributed by atoms with Crippen LogP contribution in [0.2, 0.25) is 0 Å². The zero-order valence-corrected chi connectivity index (χ0v) is 21.6. The summed E-state index contributed by atoms with van der Waals surface area (Å²) < 4.78 is 0. The van der Waals surface area contributed by atoms with Crippen molar-refractivity contribution in [2.24, 2.45) is 45.9 Å². The molecule has 6 aliphatic rings. The van der Waals surface area contributed by atoms with E-state index in [9.17, 15) is 24.3 Å². The molecule has 2 amide bonds. The number of nitrogens with zero attached hydrogens (tertiary/aromatic N) is 2. The number of unbranched alkanes of at least 4 members (excludes halogenated alkanes) is 1. The van der Waals surface area contributed by atoms with Gasteiger partial charge < -0.3 is 10.2 Å². The van der Waals surface area contributed by atoms with Gasteiger partial charge in [0.15, 0.2) is 5.78 Å². The largest absolute Gasteiger partial charge is 0.511 e. The lowest BCUT2D eigenvalue weighted by molar-refractivity contribution is -0.140. The van der Waals surface area contributed by atoms with Crippen LogP contribution in [0.25, 0.3) is 0 Å². The van der Waals surface area contributed by atoms with Crippen LogP contribution in [0, 0.1) is 40.9 Å². The Morgan fingerprint density at radius 1 is 0.919 bits per heavy atom. The molecule has 6 unspecified atom stereocenters. The first-order chi connectivity index (χ1) is 17.6. The van der Waals surface area contributed by atoms with E-state index in [1.807, 2.05) is 13.8 Å². The van der Waals surface area contributed by atoms with Gasteiger partial charge in [0.25, 0.3) is 0 Å². The number of likely N-dealkylation sites (tertiary alicyclic amines) is 1. The summed E-state index contributed by atoms with van der Waals surface area (Å²) in [7, 11) is 0. The summed E-state index contributed by atoms with van der Waals surface area (Å²) >= 11 is 0. The van der Waals surface area contributed by atoms with Gasteiger partial charge in [-0.05, 0) is 54.8 Å². The third-order valence-electron chi connectivity index (χ3n) is 8.80. The van der Waals surface area contributed by atoms with E-state index in [4.69, 9.17) is 5.11 Å². The Kier molecular flexibility index (Phi) is 6.71. The third-order valence-corrected chi connectivity index (χ3v) is 8.80. The Labute approximate surface area is 217 Å². The Morgan fingerprint density at radius 2 is 1.51 bits per heavy atom. The van der Waals surface area contributed by atoms with E-state index in [1.54, 1.807) is 0 Å². The molecule has 6 atom stereocenters. The van der Waals surface area contributed by atoms with Gasteiger partial charge in [-0.3, -0.25) is 29.1 Å². The SMILES string of the molecule is CC1(C)CC(=O)C(C(CCCN2C(=O)C3C4C=CC(C5C=CC54)C3C2=O)=NCCCCC(=O)O)=C(O)C1. The molecule has 37 heavy (non-hydrogen) atoms. The summed E-state index contributed by atoms with van der Waals surface area (Å²) in [6.45, 7) is 4.49. The van der Waals surface area contributed by atoms with Crippen LogP contribution in [-0.4, -0.2) is 57.5 Å². The molecule has 0 radical (unpaired) electrons. The van der Waals surface area contributed by atoms with E-state index in [2.05, 4.69) is 29.3 Å². The average molecular weight is 509 g/mol. The molecule has 0 aromatic carbocycles. The summed E-state index contributed by atoms with van der Waals surface area (Å²) in [5, 5.41) is 19.6. The fourth-order valence-electron chi connectivity index (χ4n) is 7.08. The Hall–Kier alpha value is -3.03. The number of imide groups is 1. The van der Waals surface area contributed by atoms with Crippen molar-refractivity contribution in [1.29, 1.82) is 0 Å². The maximum absolute atomic E-state index is 13.3. The number of aliphatic imine (C=N–C) groups is 1. The minimum Gasteiger partial charge on any atom is -0.511 e. The van der Waals surface area contributed by atoms with Gasteiger partial charge in [-0.25, -0.2) is 0 Å². The van der Waals surface area contributed by atoms with Crippen molar-refractivity contribution in [2.75, 3.05) is 13.1 Å². The highest BCUT2D eigenvalue weighted by molar-refractivity contribution is 6.23. The van der Waals surface area contributed by atoms with Crippen molar-refractivity contribution < 1.29 is 29.4 Å². The van der Waals surface area contributed by atoms with Crippen LogP contribution in [0.3, 0.4) is 0 Å². The number of ketones is 1. The quantitative estimate of drug-likeness (QED) is 0.200. The summed E-state index contributed by atoms with van der Waals surface area (Å²) in [4.78, 5) is 56.5. The molecule has 0 spiro atoms. The van der Waals surface area contributed by atoms with Crippen LogP contribution in [0.1, 0.15) is 58.8 Å². The van der Waals surface area contributed by atoms with Crippen LogP contribution in [0.5, 0.6) is 0 Å². The second-order valence-corrected chi connectivity index (χ2v) is 12.0. The zero-order chi connectivity index (χ0) is 26.5. The Bertz CT molecular complexity index is 1110. The predicted molar refractivity (Wildman–Crippen MR) is 137 cm³/mol. The monoisotopic (exact) mass is 508 g/mol. The van der Waals surface area contributed by atoms with Gasteiger partial charge in [-0.15, -0.1) is 0 Å². The summed E-state index contributed by atoms with van der Waals surface area (Å²) in [5.74, 6) is -0.765. The van der Waals surface area contributed by atoms with Crippen LogP contribution < -0.4 is 0 Å². The van der Waals surface area contributed by atoms with E-state index in [0.29, 0.717) is 62.6 Å². The zero-order valence-electron chi connectivity index (χ0n) is 21.6. The minimum atomic E-state index is -0.859. The Balaban J connectivity index is 1.27. The second kappa shape index (κ2) is 9.69. The van der Waals surface area contributed by atoms with Gasteiger partial charge in [-0.2, -0.15) is 0 Å². The molecule has 1 saturated heterocycles. The van der Waals surface area contributed by atoms with E-state index in [-0.39, 0.29) is 71.0 Å². The normalized spacial score (nSPS) is 33.6. The summed E-state index contributed by atoms with van der Waals surface area (Å²) in [6, 6.07) is 0. The molecule has 8 nitrogen and oxygen atoms in total. The molecule has 1 heterocycles. The predicted octanol–water partition coefficient (Wildman–Crippen LogP) is 3.88. The lowest BCUT2D eigenvalue weighted by Crippen LogP contribution is -2.50. The standard InChI is InChI=1S/C29H36N2O6/c1-29(2)14-21(32)26(22(33)15-29)20(30-12-4-3-7-23(34)35)6-5-13-31-27(36)24-18-10-11-19(25(24)28(31)37)17-9-8-16(17)18/h8-11,16-19,24-25,32H,3-7,12-15H2,1-2H3,(H,34,35). The maximum Gasteiger partial charge on any atom is 0.303 e. The average Bonchev–Trinajstić information content (AvgIpc) is 3.03. The van der Waals surface area contributed by atoms with Crippen molar-refractivity contribution in [1.82, 2.24) is 4.90 Å². The Morgan fingerprint density at radius 3 is 2.05 bits per heavy atom. The highest BCUT2D eigenvalue weighted by Crippen LogP contribution is 2.58. The van der Waals surface area contributed by atoms with Crippen molar-refractivity contribution in [3.05, 3.63) is 35.6 Å². The number of hydrogen-bond donors (Lipinski definition) is 2. The van der Waals surface area contributed by atoms with E-state index in [1.165, 1.54) is 4.90 Å². The van der Waals surface area contributed by atoms with Crippen molar-refractivity contribution >= 4 is 29.3 Å². The molecule has 2 bridgehead atoms. The van der Waals surface area contributed by atoms with Crippen LogP contribution in [0.4, 0.5) is 0 Å². The van der Waals surface area contributed by atoms with Crippen LogP contribution in [0.15, 0.2) is 40.6 Å². The van der Waals surface area contributed by atoms with Crippen LogP contribution >= 0.6 is 0 Å². The van der Waals surface area contributed by atoms with Gasteiger partial charge in [0, 0.05) is 38.1 Å². The number of carbonyl (C=O) groups excluding carboxylic acids is 3. The molecule has 198 valence electrons. The van der Waals surface area contributed by atoms with Gasteiger partial charge in [0.1, 0.15) is 5.76 Å². The number of carboxylic acids is 1. The lowest BCUT2D eigenvalue weighted by atomic mass is 9.50. The van der Waals surface area contributed by atoms with Gasteiger partial charge in [-0.1, -0.05) is 38.2 Å². The molecule has 1 saturated carbocycles. The van der Waals surface area contributed by atoms with E-state index < -0.39 is 5.97 Å². The topological polar surface area (TPSA) is 124 Å². The summed E-state index contributed by atoms with van der Waals surface area (Å²) in [5.41, 5.74) is 0.424. The molecule has 2 fully saturated rings. The summed E-state index contributed by atoms with van der Waals surface area (Å²) in [6.07, 6.45) is 11.2. The van der Waals surface area contributed by atoms with Gasteiger partial charge in [0.2, 0.25) is 11.8 Å². The number of Topliss-reactive ketones (excluding diaryl/α,β-unsaturated/α-hetero) is 1. The number of aliphatic hydroxyl groups is 1. The van der Waals surface area contributed by atoms with Crippen molar-refractivity contribution in [2.45, 2.75) is 58.8 Å². The third kappa shape index (κ3) is 4.59. The number of hydrogen-bond acceptors (Lipinski definition) is 6. The van der Waals surface area contributed by atoms with Gasteiger partial charge >= 0.3 is 5.97 Å². The smallest absolute Gasteiger partial charge is 0.303 e. The molecular formula is C29H36N2O6. The van der Waals surface area contributed by atoms with Crippen LogP contribution in [-0.2, 0) is 19.2 Å². The van der Waals surface area contributed by atoms with Crippen molar-refractivity contribution in [3.8, 4) is 0 Å². The maximum atomic E-state index is 13.3. The molecule has 6 rings (SSSR count). The number of aliphatic hydroxyl groups excluding tert-OH is 1. The van der Waals surface area contributed by atoms with Gasteiger partial charge in [0.05, 0.1) is 17.4 Å². The number of carbonyl (C=O) groups is 4. The van der Waals surface area contributed by atoms with E-state index in [0.717, 1.165) is 0 Å². The highest BCUT2D eigenvalue weighted by Gasteiger charge is 2.62. The highest BCUT2D eigenvalue weighted by atomic mass is 16.4. The lowest BCUT2D eigenvalue weighted by Gasteiger charge is -2.51. The number of rotatable bonds is 10. The first-order valence-corrected chi connectivity index (χ1v) is 13.5. The first-order valence-electron chi connectivity index (χ1n) is 13.5. The molecule has 2 N–H and O–H groups in total. The number of allylic oxidation sites excluding steroid dienone is 6. The van der Waals surface area contributed by atoms with Crippen molar-refractivity contribution in [3.63, 3.8) is 0 Å². The molecule has 8 heteroatoms. The molecule has 1 aliphatic heterocycles. The molecular weight excluding hydrogens is 472 g/mol. The second-order valence-electron chi connectivity index (χ2n) is 12.0. The first kappa shape index (κ1) is 25.6. The molecule has 0 aromatic heterocycles.